The van der Waals surface area contributed by atoms with E-state index in [4.69, 9.17) is 0 Å². The minimum atomic E-state index is 0.484. The molecule has 110 valence electrons. The number of nitrogens with zero attached hydrogens (tertiary/aromatic N) is 4. The second-order valence-electron chi connectivity index (χ2n) is 5.51. The molecule has 0 amide bonds. The van der Waals surface area contributed by atoms with Gasteiger partial charge in [0.05, 0.1) is 6.20 Å². The Balaban J connectivity index is 1.73. The van der Waals surface area contributed by atoms with Crippen LogP contribution in [0.5, 0.6) is 0 Å². The van der Waals surface area contributed by atoms with Gasteiger partial charge in [0.15, 0.2) is 5.82 Å². The molecule has 1 aromatic heterocycles. The van der Waals surface area contributed by atoms with E-state index in [-0.39, 0.29) is 0 Å². The lowest BCUT2D eigenvalue weighted by Gasteiger charge is -2.23. The van der Waals surface area contributed by atoms with Gasteiger partial charge in [-0.3, -0.25) is 0 Å². The molecule has 0 atom stereocenters. The summed E-state index contributed by atoms with van der Waals surface area (Å²) < 4.78 is 0. The van der Waals surface area contributed by atoms with Crippen LogP contribution in [-0.4, -0.2) is 28.3 Å². The summed E-state index contributed by atoms with van der Waals surface area (Å²) in [6.45, 7) is 0. The van der Waals surface area contributed by atoms with Crippen LogP contribution in [0.2, 0.25) is 0 Å². The van der Waals surface area contributed by atoms with Crippen molar-refractivity contribution in [3.05, 3.63) is 36.5 Å². The molecule has 1 aromatic carbocycles. The Morgan fingerprint density at radius 1 is 1.10 bits per heavy atom. The predicted molar refractivity (Wildman–Crippen MR) is 84.8 cm³/mol. The van der Waals surface area contributed by atoms with Gasteiger partial charge in [0.2, 0.25) is 5.95 Å². The topological polar surface area (TPSA) is 53.9 Å². The Bertz CT molecular complexity index is 566. The molecule has 5 nitrogen and oxygen atoms in total. The van der Waals surface area contributed by atoms with Crippen molar-refractivity contribution in [2.24, 2.45) is 0 Å². The van der Waals surface area contributed by atoms with Crippen LogP contribution in [0.3, 0.4) is 0 Å². The summed E-state index contributed by atoms with van der Waals surface area (Å²) in [6, 6.07) is 10.6. The fraction of sp³-hybridized carbons (Fsp3) is 0.438. The van der Waals surface area contributed by atoms with Crippen molar-refractivity contribution < 1.29 is 0 Å². The largest absolute Gasteiger partial charge is 0.350 e. The molecule has 1 heterocycles. The molecular formula is C16H21N5. The Hall–Kier alpha value is -2.17. The van der Waals surface area contributed by atoms with E-state index in [1.54, 1.807) is 6.20 Å². The fourth-order valence-electron chi connectivity index (χ4n) is 2.73. The highest BCUT2D eigenvalue weighted by Crippen LogP contribution is 2.23. The van der Waals surface area contributed by atoms with Crippen LogP contribution in [0, 0.1) is 0 Å². The molecule has 0 saturated heterocycles. The molecule has 1 aliphatic rings. The molecule has 0 spiro atoms. The van der Waals surface area contributed by atoms with Crippen LogP contribution < -0.4 is 10.2 Å². The van der Waals surface area contributed by atoms with Crippen molar-refractivity contribution in [1.29, 1.82) is 0 Å². The first kappa shape index (κ1) is 13.8. The van der Waals surface area contributed by atoms with Crippen molar-refractivity contribution in [3.63, 3.8) is 0 Å². The Morgan fingerprint density at radius 3 is 2.62 bits per heavy atom. The van der Waals surface area contributed by atoms with Gasteiger partial charge in [0.1, 0.15) is 0 Å². The van der Waals surface area contributed by atoms with Crippen LogP contribution in [0.15, 0.2) is 36.5 Å². The number of hydrogen-bond donors (Lipinski definition) is 1. The highest BCUT2D eigenvalue weighted by molar-refractivity contribution is 5.58. The summed E-state index contributed by atoms with van der Waals surface area (Å²) >= 11 is 0. The summed E-state index contributed by atoms with van der Waals surface area (Å²) in [4.78, 5) is 6.60. The third kappa shape index (κ3) is 3.48. The first-order valence-electron chi connectivity index (χ1n) is 7.58. The first-order chi connectivity index (χ1) is 10.3. The second-order valence-corrected chi connectivity index (χ2v) is 5.51. The Kier molecular flexibility index (Phi) is 4.28. The average Bonchev–Trinajstić information content (AvgIpc) is 2.56. The summed E-state index contributed by atoms with van der Waals surface area (Å²) in [5.41, 5.74) is 1.08. The van der Waals surface area contributed by atoms with Gasteiger partial charge in [-0.25, -0.2) is 0 Å². The zero-order valence-electron chi connectivity index (χ0n) is 12.4. The van der Waals surface area contributed by atoms with E-state index in [1.807, 2.05) is 30.1 Å². The van der Waals surface area contributed by atoms with E-state index in [1.165, 1.54) is 32.1 Å². The van der Waals surface area contributed by atoms with Crippen LogP contribution >= 0.6 is 0 Å². The summed E-state index contributed by atoms with van der Waals surface area (Å²) in [7, 11) is 1.99. The van der Waals surface area contributed by atoms with Gasteiger partial charge in [-0.2, -0.15) is 10.1 Å². The fourth-order valence-corrected chi connectivity index (χ4v) is 2.73. The maximum Gasteiger partial charge on any atom is 0.244 e. The van der Waals surface area contributed by atoms with Crippen molar-refractivity contribution in [2.45, 2.75) is 38.1 Å². The minimum absolute atomic E-state index is 0.484. The molecule has 1 N–H and O–H groups in total. The number of hydrogen-bond acceptors (Lipinski definition) is 5. The molecule has 5 heteroatoms. The molecule has 1 fully saturated rings. The predicted octanol–water partition coefficient (Wildman–Crippen LogP) is 3.38. The van der Waals surface area contributed by atoms with E-state index in [2.05, 4.69) is 32.6 Å². The highest BCUT2D eigenvalue weighted by atomic mass is 15.3. The molecule has 1 saturated carbocycles. The maximum atomic E-state index is 4.58. The zero-order chi connectivity index (χ0) is 14.5. The Morgan fingerprint density at radius 2 is 1.86 bits per heavy atom. The monoisotopic (exact) mass is 283 g/mol. The number of aromatic nitrogens is 3. The van der Waals surface area contributed by atoms with Crippen LogP contribution in [0.4, 0.5) is 17.5 Å². The molecule has 0 aliphatic heterocycles. The first-order valence-corrected chi connectivity index (χ1v) is 7.58. The van der Waals surface area contributed by atoms with E-state index >= 15 is 0 Å². The van der Waals surface area contributed by atoms with Crippen LogP contribution in [-0.2, 0) is 0 Å². The van der Waals surface area contributed by atoms with E-state index < -0.39 is 0 Å². The molecule has 2 aromatic rings. The van der Waals surface area contributed by atoms with Gasteiger partial charge >= 0.3 is 0 Å². The van der Waals surface area contributed by atoms with Crippen molar-refractivity contribution >= 4 is 17.5 Å². The number of anilines is 3. The lowest BCUT2D eigenvalue weighted by atomic mass is 9.96. The van der Waals surface area contributed by atoms with Crippen molar-refractivity contribution in [3.8, 4) is 0 Å². The molecule has 1 aliphatic carbocycles. The summed E-state index contributed by atoms with van der Waals surface area (Å²) in [5, 5.41) is 11.6. The van der Waals surface area contributed by atoms with Gasteiger partial charge in [-0.05, 0) is 25.0 Å². The lowest BCUT2D eigenvalue weighted by Crippen LogP contribution is -2.24. The standard InChI is InChI=1S/C16H21N5/c1-21(14-10-6-3-7-11-14)15-12-17-20-16(19-15)18-13-8-4-2-5-9-13/h3,6-7,10-13H,2,4-5,8-9H2,1H3,(H,18,19,20). The normalized spacial score (nSPS) is 15.7. The summed E-state index contributed by atoms with van der Waals surface area (Å²) in [5.74, 6) is 1.43. The minimum Gasteiger partial charge on any atom is -0.350 e. The van der Waals surface area contributed by atoms with Gasteiger partial charge < -0.3 is 10.2 Å². The molecule has 3 rings (SSSR count). The number of para-hydroxylation sites is 1. The average molecular weight is 283 g/mol. The van der Waals surface area contributed by atoms with Gasteiger partial charge in [-0.1, -0.05) is 37.5 Å². The summed E-state index contributed by atoms with van der Waals surface area (Å²) in [6.07, 6.45) is 8.00. The SMILES string of the molecule is CN(c1ccccc1)c1cnnc(NC2CCCCC2)n1. The number of rotatable bonds is 4. The van der Waals surface area contributed by atoms with Crippen molar-refractivity contribution in [1.82, 2.24) is 15.2 Å². The van der Waals surface area contributed by atoms with Gasteiger partial charge in [0.25, 0.3) is 0 Å². The number of benzene rings is 1. The van der Waals surface area contributed by atoms with Gasteiger partial charge in [0, 0.05) is 18.8 Å². The molecule has 0 unspecified atom stereocenters. The van der Waals surface area contributed by atoms with E-state index in [0.717, 1.165) is 11.5 Å². The molecule has 0 radical (unpaired) electrons. The third-order valence-electron chi connectivity index (χ3n) is 3.97. The number of nitrogens with one attached hydrogen (secondary N) is 1. The highest BCUT2D eigenvalue weighted by Gasteiger charge is 2.15. The zero-order valence-corrected chi connectivity index (χ0v) is 12.4. The molecule has 21 heavy (non-hydrogen) atoms. The molecular weight excluding hydrogens is 262 g/mol. The van der Waals surface area contributed by atoms with E-state index in [9.17, 15) is 0 Å². The quantitative estimate of drug-likeness (QED) is 0.932. The lowest BCUT2D eigenvalue weighted by molar-refractivity contribution is 0.460. The van der Waals surface area contributed by atoms with Crippen LogP contribution in [0.1, 0.15) is 32.1 Å². The smallest absolute Gasteiger partial charge is 0.244 e. The molecule has 0 bridgehead atoms. The second kappa shape index (κ2) is 6.52. The van der Waals surface area contributed by atoms with E-state index in [0.29, 0.717) is 12.0 Å². The van der Waals surface area contributed by atoms with Crippen LogP contribution in [0.25, 0.3) is 0 Å². The third-order valence-corrected chi connectivity index (χ3v) is 3.97. The van der Waals surface area contributed by atoms with Crippen molar-refractivity contribution in [2.75, 3.05) is 17.3 Å². The van der Waals surface area contributed by atoms with Gasteiger partial charge in [-0.15, -0.1) is 5.10 Å². The Labute approximate surface area is 125 Å². The maximum absolute atomic E-state index is 4.58.